The maximum Gasteiger partial charge on any atom is 0.283 e. The fourth-order valence-corrected chi connectivity index (χ4v) is 1.73. The Morgan fingerprint density at radius 1 is 1.35 bits per heavy atom. The first-order chi connectivity index (χ1) is 9.60. The van der Waals surface area contributed by atoms with Crippen LogP contribution in [0, 0.1) is 0 Å². The van der Waals surface area contributed by atoms with Crippen LogP contribution >= 0.6 is 0 Å². The van der Waals surface area contributed by atoms with Gasteiger partial charge >= 0.3 is 0 Å². The van der Waals surface area contributed by atoms with Crippen LogP contribution in [0.15, 0.2) is 18.2 Å². The minimum atomic E-state index is -0.432. The van der Waals surface area contributed by atoms with Gasteiger partial charge in [-0.3, -0.25) is 19.9 Å². The maximum atomic E-state index is 11.6. The van der Waals surface area contributed by atoms with Crippen molar-refractivity contribution in [1.29, 1.82) is 0 Å². The number of hydrazine groups is 1. The van der Waals surface area contributed by atoms with Gasteiger partial charge in [-0.05, 0) is 25.6 Å². The number of carbonyl (C=O) groups excluding carboxylic acids is 2. The van der Waals surface area contributed by atoms with Gasteiger partial charge in [-0.1, -0.05) is 13.0 Å². The molecule has 0 saturated carbocycles. The summed E-state index contributed by atoms with van der Waals surface area (Å²) in [7, 11) is 0. The first-order valence-corrected chi connectivity index (χ1v) is 6.56. The third kappa shape index (κ3) is 4.94. The molecule has 0 saturated heterocycles. The van der Waals surface area contributed by atoms with Crippen LogP contribution in [0.3, 0.4) is 0 Å². The molecule has 0 radical (unpaired) electrons. The SMILES string of the molecule is CCNC(=O)CN(CC)Cc1cccc(C(=O)NN)n1. The molecule has 0 unspecified atom stereocenters. The van der Waals surface area contributed by atoms with Crippen LogP contribution in [-0.4, -0.2) is 41.3 Å². The van der Waals surface area contributed by atoms with Crippen LogP contribution in [0.25, 0.3) is 0 Å². The average molecular weight is 279 g/mol. The molecule has 0 fully saturated rings. The van der Waals surface area contributed by atoms with Crippen molar-refractivity contribution in [2.24, 2.45) is 5.84 Å². The third-order valence-corrected chi connectivity index (χ3v) is 2.74. The number of carbonyl (C=O) groups is 2. The molecule has 0 aliphatic carbocycles. The van der Waals surface area contributed by atoms with E-state index in [0.29, 0.717) is 26.2 Å². The summed E-state index contributed by atoms with van der Waals surface area (Å²) in [4.78, 5) is 29.1. The van der Waals surface area contributed by atoms with E-state index in [4.69, 9.17) is 5.84 Å². The van der Waals surface area contributed by atoms with Crippen molar-refractivity contribution >= 4 is 11.8 Å². The van der Waals surface area contributed by atoms with E-state index in [1.54, 1.807) is 12.1 Å². The summed E-state index contributed by atoms with van der Waals surface area (Å²) in [5.74, 6) is 4.62. The second-order valence-electron chi connectivity index (χ2n) is 4.24. The highest BCUT2D eigenvalue weighted by atomic mass is 16.2. The van der Waals surface area contributed by atoms with Crippen LogP contribution in [-0.2, 0) is 11.3 Å². The molecule has 7 heteroatoms. The predicted octanol–water partition coefficient (Wildman–Crippen LogP) is -0.357. The molecule has 1 rings (SSSR count). The van der Waals surface area contributed by atoms with Crippen molar-refractivity contribution in [3.05, 3.63) is 29.6 Å². The predicted molar refractivity (Wildman–Crippen MR) is 75.5 cm³/mol. The number of pyridine rings is 1. The van der Waals surface area contributed by atoms with Crippen molar-refractivity contribution in [3.8, 4) is 0 Å². The monoisotopic (exact) mass is 279 g/mol. The van der Waals surface area contributed by atoms with Gasteiger partial charge in [-0.25, -0.2) is 10.8 Å². The molecular weight excluding hydrogens is 258 g/mol. The lowest BCUT2D eigenvalue weighted by molar-refractivity contribution is -0.122. The summed E-state index contributed by atoms with van der Waals surface area (Å²) in [6.07, 6.45) is 0. The number of likely N-dealkylation sites (N-methyl/N-ethyl adjacent to an activating group) is 2. The maximum absolute atomic E-state index is 11.6. The number of hydrogen-bond donors (Lipinski definition) is 3. The summed E-state index contributed by atoms with van der Waals surface area (Å²) in [5.41, 5.74) is 3.03. The molecule has 7 nitrogen and oxygen atoms in total. The van der Waals surface area contributed by atoms with E-state index < -0.39 is 5.91 Å². The Bertz CT molecular complexity index is 464. The number of nitrogen functional groups attached to an aromatic ring is 1. The Hall–Kier alpha value is -1.99. The number of nitrogens with one attached hydrogen (secondary N) is 2. The van der Waals surface area contributed by atoms with Crippen molar-refractivity contribution < 1.29 is 9.59 Å². The summed E-state index contributed by atoms with van der Waals surface area (Å²) in [5, 5.41) is 2.75. The van der Waals surface area contributed by atoms with Crippen LogP contribution in [0.1, 0.15) is 30.0 Å². The van der Waals surface area contributed by atoms with Crippen molar-refractivity contribution in [1.82, 2.24) is 20.6 Å². The van der Waals surface area contributed by atoms with E-state index in [1.165, 1.54) is 0 Å². The van der Waals surface area contributed by atoms with E-state index in [-0.39, 0.29) is 11.6 Å². The Morgan fingerprint density at radius 3 is 2.70 bits per heavy atom. The molecule has 1 aromatic rings. The Balaban J connectivity index is 2.70. The molecule has 20 heavy (non-hydrogen) atoms. The number of amides is 2. The van der Waals surface area contributed by atoms with Crippen LogP contribution in [0.4, 0.5) is 0 Å². The fraction of sp³-hybridized carbons (Fsp3) is 0.462. The van der Waals surface area contributed by atoms with Crippen LogP contribution in [0.5, 0.6) is 0 Å². The lowest BCUT2D eigenvalue weighted by Gasteiger charge is -2.19. The fourth-order valence-electron chi connectivity index (χ4n) is 1.73. The number of nitrogens with two attached hydrogens (primary N) is 1. The standard InChI is InChI=1S/C13H21N5O2/c1-3-15-12(19)9-18(4-2)8-10-6-5-7-11(16-10)13(20)17-14/h5-7H,3-4,8-9,14H2,1-2H3,(H,15,19)(H,17,20). The van der Waals surface area contributed by atoms with E-state index in [1.807, 2.05) is 30.2 Å². The Labute approximate surface area is 118 Å². The van der Waals surface area contributed by atoms with Crippen LogP contribution < -0.4 is 16.6 Å². The van der Waals surface area contributed by atoms with Crippen LogP contribution in [0.2, 0.25) is 0 Å². The third-order valence-electron chi connectivity index (χ3n) is 2.74. The van der Waals surface area contributed by atoms with Gasteiger partial charge in [0.15, 0.2) is 0 Å². The van der Waals surface area contributed by atoms with E-state index in [0.717, 1.165) is 5.69 Å². The average Bonchev–Trinajstić information content (AvgIpc) is 2.46. The zero-order valence-electron chi connectivity index (χ0n) is 11.8. The second kappa shape index (κ2) is 8.23. The highest BCUT2D eigenvalue weighted by Crippen LogP contribution is 2.04. The molecule has 0 atom stereocenters. The first-order valence-electron chi connectivity index (χ1n) is 6.56. The smallest absolute Gasteiger partial charge is 0.283 e. The van der Waals surface area contributed by atoms with E-state index >= 15 is 0 Å². The lowest BCUT2D eigenvalue weighted by Crippen LogP contribution is -2.37. The molecule has 0 spiro atoms. The number of hydrogen-bond acceptors (Lipinski definition) is 5. The van der Waals surface area contributed by atoms with E-state index in [2.05, 4.69) is 10.3 Å². The van der Waals surface area contributed by atoms with Gasteiger partial charge in [0.1, 0.15) is 5.69 Å². The number of nitrogens with zero attached hydrogens (tertiary/aromatic N) is 2. The summed E-state index contributed by atoms with van der Waals surface area (Å²) in [6, 6.07) is 5.15. The largest absolute Gasteiger partial charge is 0.355 e. The minimum Gasteiger partial charge on any atom is -0.355 e. The first kappa shape index (κ1) is 16.1. The lowest BCUT2D eigenvalue weighted by atomic mass is 10.2. The van der Waals surface area contributed by atoms with Crippen molar-refractivity contribution in [3.63, 3.8) is 0 Å². The Morgan fingerprint density at radius 2 is 2.10 bits per heavy atom. The molecule has 2 amide bonds. The van der Waals surface area contributed by atoms with Gasteiger partial charge in [0.25, 0.3) is 5.91 Å². The minimum absolute atomic E-state index is 0.0230. The molecule has 4 N–H and O–H groups in total. The quantitative estimate of drug-likeness (QED) is 0.359. The van der Waals surface area contributed by atoms with Gasteiger partial charge in [0.2, 0.25) is 5.91 Å². The number of aromatic nitrogens is 1. The molecule has 0 aliphatic heterocycles. The van der Waals surface area contributed by atoms with Gasteiger partial charge in [0.05, 0.1) is 12.2 Å². The van der Waals surface area contributed by atoms with Gasteiger partial charge in [0, 0.05) is 13.1 Å². The molecule has 1 heterocycles. The highest BCUT2D eigenvalue weighted by molar-refractivity contribution is 5.91. The molecular formula is C13H21N5O2. The molecule has 110 valence electrons. The molecule has 0 bridgehead atoms. The second-order valence-corrected chi connectivity index (χ2v) is 4.24. The molecule has 0 aromatic carbocycles. The summed E-state index contributed by atoms with van der Waals surface area (Å²) >= 11 is 0. The normalized spacial score (nSPS) is 10.4. The topological polar surface area (TPSA) is 100 Å². The number of rotatable bonds is 7. The zero-order chi connectivity index (χ0) is 15.0. The van der Waals surface area contributed by atoms with Crippen molar-refractivity contribution in [2.45, 2.75) is 20.4 Å². The molecule has 1 aromatic heterocycles. The summed E-state index contributed by atoms with van der Waals surface area (Å²) < 4.78 is 0. The highest BCUT2D eigenvalue weighted by Gasteiger charge is 2.11. The van der Waals surface area contributed by atoms with E-state index in [9.17, 15) is 9.59 Å². The van der Waals surface area contributed by atoms with Gasteiger partial charge in [-0.2, -0.15) is 0 Å². The zero-order valence-corrected chi connectivity index (χ0v) is 11.8. The summed E-state index contributed by atoms with van der Waals surface area (Å²) in [6.45, 7) is 5.98. The Kier molecular flexibility index (Phi) is 6.61. The van der Waals surface area contributed by atoms with Gasteiger partial charge < -0.3 is 5.32 Å². The molecule has 0 aliphatic rings. The van der Waals surface area contributed by atoms with Crippen molar-refractivity contribution in [2.75, 3.05) is 19.6 Å². The van der Waals surface area contributed by atoms with Gasteiger partial charge in [-0.15, -0.1) is 0 Å².